The van der Waals surface area contributed by atoms with Crippen molar-refractivity contribution < 1.29 is 4.52 Å². The average Bonchev–Trinajstić information content (AvgIpc) is 2.93. The Bertz CT molecular complexity index is 666. The molecular weight excluding hydrogens is 214 g/mol. The van der Waals surface area contributed by atoms with Gasteiger partial charge in [0.05, 0.1) is 0 Å². The van der Waals surface area contributed by atoms with E-state index in [2.05, 4.69) is 35.3 Å². The number of nitrogens with one attached hydrogen (secondary N) is 1. The van der Waals surface area contributed by atoms with Crippen LogP contribution in [-0.4, -0.2) is 10.1 Å². The summed E-state index contributed by atoms with van der Waals surface area (Å²) >= 11 is 0. The summed E-state index contributed by atoms with van der Waals surface area (Å²) in [6.45, 7) is 2.14. The number of aryl methyl sites for hydroxylation is 1. The molecule has 0 spiro atoms. The van der Waals surface area contributed by atoms with Crippen LogP contribution in [0.3, 0.4) is 0 Å². The van der Waals surface area contributed by atoms with E-state index < -0.39 is 0 Å². The smallest absolute Gasteiger partial charge is 0.222 e. The fraction of sp³-hybridized carbons (Fsp3) is 0.154. The van der Waals surface area contributed by atoms with Crippen molar-refractivity contribution in [3.63, 3.8) is 0 Å². The van der Waals surface area contributed by atoms with Gasteiger partial charge in [-0.2, -0.15) is 0 Å². The normalized spacial score (nSPS) is 11.1. The molecule has 3 aromatic rings. The van der Waals surface area contributed by atoms with Crippen molar-refractivity contribution in [2.24, 2.45) is 0 Å². The number of rotatable bonds is 2. The van der Waals surface area contributed by atoms with Gasteiger partial charge in [0.15, 0.2) is 0 Å². The molecule has 0 atom stereocenters. The number of nitrogens with two attached hydrogens (primary N) is 1. The minimum atomic E-state index is 0.334. The van der Waals surface area contributed by atoms with Crippen LogP contribution in [0.2, 0.25) is 0 Å². The molecule has 0 saturated heterocycles. The van der Waals surface area contributed by atoms with Gasteiger partial charge in [-0.3, -0.25) is 0 Å². The van der Waals surface area contributed by atoms with Crippen molar-refractivity contribution in [3.05, 3.63) is 36.0 Å². The summed E-state index contributed by atoms with van der Waals surface area (Å²) in [6, 6.07) is 8.12. The fourth-order valence-electron chi connectivity index (χ4n) is 2.02. The minimum absolute atomic E-state index is 0.334. The zero-order valence-corrected chi connectivity index (χ0v) is 9.53. The van der Waals surface area contributed by atoms with E-state index in [-0.39, 0.29) is 0 Å². The number of aromatic amines is 1. The van der Waals surface area contributed by atoms with Gasteiger partial charge in [-0.1, -0.05) is 18.1 Å². The summed E-state index contributed by atoms with van der Waals surface area (Å²) in [5.74, 6) is 0.334. The summed E-state index contributed by atoms with van der Waals surface area (Å²) in [7, 11) is 0. The number of H-pyrrole nitrogens is 1. The van der Waals surface area contributed by atoms with Crippen LogP contribution in [-0.2, 0) is 6.42 Å². The zero-order chi connectivity index (χ0) is 11.8. The molecule has 4 heteroatoms. The summed E-state index contributed by atoms with van der Waals surface area (Å²) in [6.07, 6.45) is 2.95. The third kappa shape index (κ3) is 1.58. The number of hydrogen-bond acceptors (Lipinski definition) is 3. The molecule has 0 amide bonds. The molecule has 3 N–H and O–H groups in total. The maximum atomic E-state index is 5.55. The SMILES string of the molecule is CCc1ccc2[nH]cc(-c3cc(N)on3)c2c1. The van der Waals surface area contributed by atoms with E-state index in [4.69, 9.17) is 10.3 Å². The third-order valence-electron chi connectivity index (χ3n) is 2.96. The third-order valence-corrected chi connectivity index (χ3v) is 2.96. The van der Waals surface area contributed by atoms with E-state index in [1.165, 1.54) is 5.56 Å². The van der Waals surface area contributed by atoms with Crippen LogP contribution < -0.4 is 5.73 Å². The molecule has 2 aromatic heterocycles. The molecule has 1 aromatic carbocycles. The van der Waals surface area contributed by atoms with Gasteiger partial charge < -0.3 is 15.2 Å². The van der Waals surface area contributed by atoms with E-state index in [0.29, 0.717) is 5.88 Å². The highest BCUT2D eigenvalue weighted by Crippen LogP contribution is 2.29. The Labute approximate surface area is 98.4 Å². The lowest BCUT2D eigenvalue weighted by Gasteiger charge is -1.98. The average molecular weight is 227 g/mol. The molecule has 0 saturated carbocycles. The van der Waals surface area contributed by atoms with Crippen molar-refractivity contribution in [1.29, 1.82) is 0 Å². The van der Waals surface area contributed by atoms with Crippen LogP contribution in [0.15, 0.2) is 35.0 Å². The van der Waals surface area contributed by atoms with Crippen LogP contribution in [0, 0.1) is 0 Å². The summed E-state index contributed by atoms with van der Waals surface area (Å²) in [5.41, 5.74) is 9.73. The first-order valence-electron chi connectivity index (χ1n) is 5.60. The Morgan fingerprint density at radius 1 is 1.35 bits per heavy atom. The zero-order valence-electron chi connectivity index (χ0n) is 9.53. The summed E-state index contributed by atoms with van der Waals surface area (Å²) in [5, 5.41) is 5.09. The molecule has 0 aliphatic heterocycles. The quantitative estimate of drug-likeness (QED) is 0.707. The Hall–Kier alpha value is -2.23. The molecule has 0 bridgehead atoms. The van der Waals surface area contributed by atoms with E-state index in [0.717, 1.165) is 28.6 Å². The van der Waals surface area contributed by atoms with Gasteiger partial charge in [-0.25, -0.2) is 0 Å². The highest BCUT2D eigenvalue weighted by atomic mass is 16.5. The highest BCUT2D eigenvalue weighted by molar-refractivity contribution is 5.95. The van der Waals surface area contributed by atoms with Gasteiger partial charge >= 0.3 is 0 Å². The molecule has 0 aliphatic carbocycles. The highest BCUT2D eigenvalue weighted by Gasteiger charge is 2.10. The predicted molar refractivity (Wildman–Crippen MR) is 67.6 cm³/mol. The molecule has 4 nitrogen and oxygen atoms in total. The maximum Gasteiger partial charge on any atom is 0.222 e. The number of hydrogen-bond donors (Lipinski definition) is 2. The lowest BCUT2D eigenvalue weighted by atomic mass is 10.1. The lowest BCUT2D eigenvalue weighted by Crippen LogP contribution is -1.80. The second-order valence-corrected chi connectivity index (χ2v) is 4.05. The second-order valence-electron chi connectivity index (χ2n) is 4.05. The van der Waals surface area contributed by atoms with Crippen LogP contribution >= 0.6 is 0 Å². The van der Waals surface area contributed by atoms with Gasteiger partial charge in [-0.05, 0) is 24.1 Å². The molecule has 3 rings (SSSR count). The van der Waals surface area contributed by atoms with Gasteiger partial charge in [0.1, 0.15) is 5.69 Å². The van der Waals surface area contributed by atoms with E-state index in [9.17, 15) is 0 Å². The van der Waals surface area contributed by atoms with E-state index >= 15 is 0 Å². The number of benzene rings is 1. The minimum Gasteiger partial charge on any atom is -0.368 e. The first kappa shape index (κ1) is 9.96. The van der Waals surface area contributed by atoms with Gasteiger partial charge in [0, 0.05) is 28.7 Å². The van der Waals surface area contributed by atoms with Crippen LogP contribution in [0.4, 0.5) is 5.88 Å². The molecule has 86 valence electrons. The maximum absolute atomic E-state index is 5.55. The standard InChI is InChI=1S/C13H13N3O/c1-2-8-3-4-11-9(5-8)10(7-15-11)12-6-13(14)17-16-12/h3-7,15H,2,14H2,1H3. The van der Waals surface area contributed by atoms with Crippen LogP contribution in [0.25, 0.3) is 22.2 Å². The molecule has 2 heterocycles. The van der Waals surface area contributed by atoms with Gasteiger partial charge in [0.25, 0.3) is 0 Å². The summed E-state index contributed by atoms with van der Waals surface area (Å²) in [4.78, 5) is 3.22. The van der Waals surface area contributed by atoms with Crippen molar-refractivity contribution in [3.8, 4) is 11.3 Å². The Kier molecular flexibility index (Phi) is 2.14. The molecule has 0 fully saturated rings. The number of fused-ring (bicyclic) bond motifs is 1. The van der Waals surface area contributed by atoms with Crippen LogP contribution in [0.1, 0.15) is 12.5 Å². The van der Waals surface area contributed by atoms with Crippen molar-refractivity contribution in [2.45, 2.75) is 13.3 Å². The number of aromatic nitrogens is 2. The number of anilines is 1. The Morgan fingerprint density at radius 2 is 2.24 bits per heavy atom. The lowest BCUT2D eigenvalue weighted by molar-refractivity contribution is 0.439. The topological polar surface area (TPSA) is 67.8 Å². The largest absolute Gasteiger partial charge is 0.368 e. The van der Waals surface area contributed by atoms with E-state index in [1.807, 2.05) is 6.20 Å². The first-order chi connectivity index (χ1) is 8.28. The monoisotopic (exact) mass is 227 g/mol. The van der Waals surface area contributed by atoms with Crippen molar-refractivity contribution in [1.82, 2.24) is 10.1 Å². The number of nitrogen functional groups attached to an aromatic ring is 1. The summed E-state index contributed by atoms with van der Waals surface area (Å²) < 4.78 is 4.91. The number of nitrogens with zero attached hydrogens (tertiary/aromatic N) is 1. The van der Waals surface area contributed by atoms with Crippen molar-refractivity contribution in [2.75, 3.05) is 5.73 Å². The molecular formula is C13H13N3O. The predicted octanol–water partition coefficient (Wildman–Crippen LogP) is 2.97. The molecule has 17 heavy (non-hydrogen) atoms. The molecule has 0 unspecified atom stereocenters. The Morgan fingerprint density at radius 3 is 2.94 bits per heavy atom. The second kappa shape index (κ2) is 3.66. The fourth-order valence-corrected chi connectivity index (χ4v) is 2.02. The van der Waals surface area contributed by atoms with Crippen molar-refractivity contribution >= 4 is 16.8 Å². The van der Waals surface area contributed by atoms with E-state index in [1.54, 1.807) is 6.07 Å². The Balaban J connectivity index is 2.22. The van der Waals surface area contributed by atoms with Crippen LogP contribution in [0.5, 0.6) is 0 Å². The molecule has 0 aliphatic rings. The first-order valence-corrected chi connectivity index (χ1v) is 5.60. The van der Waals surface area contributed by atoms with Gasteiger partial charge in [-0.15, -0.1) is 0 Å². The molecule has 0 radical (unpaired) electrons. The van der Waals surface area contributed by atoms with Gasteiger partial charge in [0.2, 0.25) is 5.88 Å².